The number of H-pyrrole nitrogens is 1. The highest BCUT2D eigenvalue weighted by atomic mass is 15.1. The summed E-state index contributed by atoms with van der Waals surface area (Å²) in [6.07, 6.45) is 3.72. The molecule has 84 valence electrons. The molecule has 3 heteroatoms. The zero-order valence-corrected chi connectivity index (χ0v) is 9.86. The Labute approximate surface area is 99.5 Å². The summed E-state index contributed by atoms with van der Waals surface area (Å²) in [5, 5.41) is 8.01. The Hall–Kier alpha value is -2.16. The maximum absolute atomic E-state index is 4.58. The van der Waals surface area contributed by atoms with Gasteiger partial charge in [-0.2, -0.15) is 5.10 Å². The van der Waals surface area contributed by atoms with Crippen LogP contribution in [-0.4, -0.2) is 15.2 Å². The zero-order chi connectivity index (χ0) is 11.8. The molecule has 0 atom stereocenters. The van der Waals surface area contributed by atoms with Gasteiger partial charge in [-0.1, -0.05) is 12.1 Å². The quantitative estimate of drug-likeness (QED) is 0.688. The molecule has 1 aromatic carbocycles. The number of aromatic amines is 1. The minimum Gasteiger partial charge on any atom is -0.285 e. The highest BCUT2D eigenvalue weighted by Crippen LogP contribution is 2.24. The second-order valence-corrected chi connectivity index (χ2v) is 4.30. The fraction of sp³-hybridized carbons (Fsp3) is 0.143. The SMILES string of the molecule is Cc1cc(C)c2ccc(-c3cn[nH]c3)cc2n1. The topological polar surface area (TPSA) is 41.6 Å². The van der Waals surface area contributed by atoms with Gasteiger partial charge in [0.1, 0.15) is 0 Å². The first kappa shape index (κ1) is 10.0. The van der Waals surface area contributed by atoms with Gasteiger partial charge in [-0.15, -0.1) is 0 Å². The second-order valence-electron chi connectivity index (χ2n) is 4.30. The third-order valence-electron chi connectivity index (χ3n) is 2.98. The molecule has 2 heterocycles. The molecule has 0 fully saturated rings. The number of aromatic nitrogens is 3. The summed E-state index contributed by atoms with van der Waals surface area (Å²) in [6, 6.07) is 8.46. The molecule has 0 aliphatic heterocycles. The Morgan fingerprint density at radius 2 is 1.94 bits per heavy atom. The number of benzene rings is 1. The predicted molar refractivity (Wildman–Crippen MR) is 68.8 cm³/mol. The maximum Gasteiger partial charge on any atom is 0.0714 e. The monoisotopic (exact) mass is 223 g/mol. The van der Waals surface area contributed by atoms with Crippen LogP contribution in [0.2, 0.25) is 0 Å². The van der Waals surface area contributed by atoms with E-state index in [4.69, 9.17) is 0 Å². The minimum absolute atomic E-state index is 1.04. The third-order valence-corrected chi connectivity index (χ3v) is 2.98. The lowest BCUT2D eigenvalue weighted by Crippen LogP contribution is -1.87. The van der Waals surface area contributed by atoms with Gasteiger partial charge in [0.2, 0.25) is 0 Å². The van der Waals surface area contributed by atoms with Crippen LogP contribution < -0.4 is 0 Å². The van der Waals surface area contributed by atoms with E-state index in [2.05, 4.69) is 46.4 Å². The lowest BCUT2D eigenvalue weighted by molar-refractivity contribution is 1.09. The average Bonchev–Trinajstić information content (AvgIpc) is 2.81. The van der Waals surface area contributed by atoms with Crippen molar-refractivity contribution >= 4 is 10.9 Å². The first-order valence-electron chi connectivity index (χ1n) is 5.61. The molecule has 0 unspecified atom stereocenters. The highest BCUT2D eigenvalue weighted by molar-refractivity contribution is 5.86. The Balaban J connectivity index is 2.26. The van der Waals surface area contributed by atoms with Crippen molar-refractivity contribution in [1.29, 1.82) is 0 Å². The van der Waals surface area contributed by atoms with Crippen molar-refractivity contribution in [1.82, 2.24) is 15.2 Å². The summed E-state index contributed by atoms with van der Waals surface area (Å²) >= 11 is 0. The van der Waals surface area contributed by atoms with Crippen LogP contribution in [0, 0.1) is 13.8 Å². The summed E-state index contributed by atoms with van der Waals surface area (Å²) < 4.78 is 0. The summed E-state index contributed by atoms with van der Waals surface area (Å²) in [5.74, 6) is 0. The van der Waals surface area contributed by atoms with Gasteiger partial charge in [0.05, 0.1) is 11.7 Å². The predicted octanol–water partition coefficient (Wildman–Crippen LogP) is 3.24. The molecular formula is C14H13N3. The van der Waals surface area contributed by atoms with Crippen molar-refractivity contribution in [2.24, 2.45) is 0 Å². The standard InChI is InChI=1S/C14H13N3/c1-9-5-10(2)17-14-6-11(3-4-13(9)14)12-7-15-16-8-12/h3-8H,1-2H3,(H,15,16). The van der Waals surface area contributed by atoms with E-state index in [1.165, 1.54) is 10.9 Å². The van der Waals surface area contributed by atoms with Crippen LogP contribution in [0.5, 0.6) is 0 Å². The molecule has 0 bridgehead atoms. The lowest BCUT2D eigenvalue weighted by atomic mass is 10.0. The van der Waals surface area contributed by atoms with Crippen LogP contribution in [0.15, 0.2) is 36.7 Å². The van der Waals surface area contributed by atoms with Crippen molar-refractivity contribution in [3.63, 3.8) is 0 Å². The third kappa shape index (κ3) is 1.69. The van der Waals surface area contributed by atoms with Crippen LogP contribution >= 0.6 is 0 Å². The molecule has 2 aromatic heterocycles. The Bertz CT molecular complexity index is 669. The van der Waals surface area contributed by atoms with Gasteiger partial charge in [0, 0.05) is 22.8 Å². The summed E-state index contributed by atoms with van der Waals surface area (Å²) in [5.41, 5.74) is 5.60. The van der Waals surface area contributed by atoms with E-state index < -0.39 is 0 Å². The molecule has 3 rings (SSSR count). The molecule has 0 spiro atoms. The highest BCUT2D eigenvalue weighted by Gasteiger charge is 2.04. The van der Waals surface area contributed by atoms with Gasteiger partial charge in [0.15, 0.2) is 0 Å². The first-order valence-corrected chi connectivity index (χ1v) is 5.61. The van der Waals surface area contributed by atoms with E-state index in [1.54, 1.807) is 0 Å². The van der Waals surface area contributed by atoms with Gasteiger partial charge >= 0.3 is 0 Å². The van der Waals surface area contributed by atoms with Gasteiger partial charge in [0.25, 0.3) is 0 Å². The number of pyridine rings is 1. The summed E-state index contributed by atoms with van der Waals surface area (Å²) in [4.78, 5) is 4.58. The fourth-order valence-electron chi connectivity index (χ4n) is 2.16. The average molecular weight is 223 g/mol. The maximum atomic E-state index is 4.58. The molecule has 0 saturated carbocycles. The van der Waals surface area contributed by atoms with E-state index in [1.807, 2.05) is 19.3 Å². The minimum atomic E-state index is 1.04. The Morgan fingerprint density at radius 3 is 2.71 bits per heavy atom. The lowest BCUT2D eigenvalue weighted by Gasteiger charge is -2.05. The van der Waals surface area contributed by atoms with Gasteiger partial charge in [-0.3, -0.25) is 10.1 Å². The van der Waals surface area contributed by atoms with E-state index in [0.717, 1.165) is 22.3 Å². The number of rotatable bonds is 1. The van der Waals surface area contributed by atoms with Crippen LogP contribution in [-0.2, 0) is 0 Å². The van der Waals surface area contributed by atoms with E-state index in [9.17, 15) is 0 Å². The van der Waals surface area contributed by atoms with Crippen LogP contribution in [0.25, 0.3) is 22.0 Å². The van der Waals surface area contributed by atoms with Gasteiger partial charge < -0.3 is 0 Å². The molecule has 17 heavy (non-hydrogen) atoms. The molecule has 3 aromatic rings. The number of hydrogen-bond donors (Lipinski definition) is 1. The normalized spacial score (nSPS) is 10.9. The fourth-order valence-corrected chi connectivity index (χ4v) is 2.16. The number of hydrogen-bond acceptors (Lipinski definition) is 2. The molecule has 0 aliphatic rings. The molecule has 3 nitrogen and oxygen atoms in total. The van der Waals surface area contributed by atoms with Crippen molar-refractivity contribution in [3.8, 4) is 11.1 Å². The van der Waals surface area contributed by atoms with E-state index >= 15 is 0 Å². The van der Waals surface area contributed by atoms with Gasteiger partial charge in [-0.05, 0) is 37.1 Å². The Kier molecular flexibility index (Phi) is 2.18. The van der Waals surface area contributed by atoms with Gasteiger partial charge in [-0.25, -0.2) is 0 Å². The zero-order valence-electron chi connectivity index (χ0n) is 9.86. The second kappa shape index (κ2) is 3.70. The molecule has 0 aliphatic carbocycles. The molecule has 1 N–H and O–H groups in total. The van der Waals surface area contributed by atoms with E-state index in [-0.39, 0.29) is 0 Å². The van der Waals surface area contributed by atoms with Crippen molar-refractivity contribution < 1.29 is 0 Å². The van der Waals surface area contributed by atoms with Crippen LogP contribution in [0.1, 0.15) is 11.3 Å². The molecule has 0 saturated heterocycles. The number of fused-ring (bicyclic) bond motifs is 1. The molecular weight excluding hydrogens is 210 g/mol. The van der Waals surface area contributed by atoms with Crippen molar-refractivity contribution in [2.45, 2.75) is 13.8 Å². The molecule has 0 radical (unpaired) electrons. The smallest absolute Gasteiger partial charge is 0.0714 e. The summed E-state index contributed by atoms with van der Waals surface area (Å²) in [6.45, 7) is 4.14. The van der Waals surface area contributed by atoms with E-state index in [0.29, 0.717) is 0 Å². The Morgan fingerprint density at radius 1 is 1.06 bits per heavy atom. The number of aryl methyl sites for hydroxylation is 2. The number of nitrogens with zero attached hydrogens (tertiary/aromatic N) is 2. The first-order chi connectivity index (χ1) is 8.24. The molecule has 0 amide bonds. The summed E-state index contributed by atoms with van der Waals surface area (Å²) in [7, 11) is 0. The van der Waals surface area contributed by atoms with Crippen molar-refractivity contribution in [2.75, 3.05) is 0 Å². The van der Waals surface area contributed by atoms with Crippen LogP contribution in [0.3, 0.4) is 0 Å². The largest absolute Gasteiger partial charge is 0.285 e. The van der Waals surface area contributed by atoms with Crippen LogP contribution in [0.4, 0.5) is 0 Å². The van der Waals surface area contributed by atoms with Crippen molar-refractivity contribution in [3.05, 3.63) is 47.9 Å². The number of nitrogens with one attached hydrogen (secondary N) is 1.